The standard InChI is InChI=1S/C21H16F4N4O2S/c1-12(8-13-2-5-16(6-3-13)21(23,24)25)29(20(30)31)28-19-27-11-18(32-19)14-4-7-17(22)15(9-14)10-26/h2-7,9,11-12H,8H2,1H3,(H,27,28)(H,30,31). The minimum absolute atomic E-state index is 0.122. The number of anilines is 1. The molecule has 1 amide bonds. The minimum atomic E-state index is -4.44. The predicted octanol–water partition coefficient (Wildman–Crippen LogP) is 5.78. The summed E-state index contributed by atoms with van der Waals surface area (Å²) in [5.74, 6) is -0.645. The molecule has 0 aliphatic carbocycles. The van der Waals surface area contributed by atoms with Crippen LogP contribution in [0.2, 0.25) is 0 Å². The number of amides is 1. The molecular formula is C21H16F4N4O2S. The summed E-state index contributed by atoms with van der Waals surface area (Å²) in [6.07, 6.45) is -4.12. The average molecular weight is 464 g/mol. The maximum Gasteiger partial charge on any atom is 0.426 e. The molecule has 0 fully saturated rings. The number of hydrogen-bond donors (Lipinski definition) is 2. The van der Waals surface area contributed by atoms with Gasteiger partial charge in [0, 0.05) is 6.20 Å². The Bertz CT molecular complexity index is 1160. The third kappa shape index (κ3) is 5.33. The number of aromatic nitrogens is 1. The fourth-order valence-corrected chi connectivity index (χ4v) is 3.74. The zero-order valence-corrected chi connectivity index (χ0v) is 17.3. The van der Waals surface area contributed by atoms with Gasteiger partial charge in [0.25, 0.3) is 0 Å². The van der Waals surface area contributed by atoms with Crippen molar-refractivity contribution in [1.82, 2.24) is 9.99 Å². The summed E-state index contributed by atoms with van der Waals surface area (Å²) in [4.78, 5) is 16.4. The first-order valence-electron chi connectivity index (χ1n) is 9.19. The van der Waals surface area contributed by atoms with Crippen LogP contribution >= 0.6 is 11.3 Å². The highest BCUT2D eigenvalue weighted by Crippen LogP contribution is 2.31. The van der Waals surface area contributed by atoms with Crippen molar-refractivity contribution < 1.29 is 27.5 Å². The third-order valence-electron chi connectivity index (χ3n) is 4.55. The van der Waals surface area contributed by atoms with Crippen LogP contribution in [0.3, 0.4) is 0 Å². The van der Waals surface area contributed by atoms with Gasteiger partial charge in [0.15, 0.2) is 0 Å². The highest BCUT2D eigenvalue weighted by atomic mass is 32.1. The molecule has 166 valence electrons. The number of thiazole rings is 1. The number of alkyl halides is 3. The fourth-order valence-electron chi connectivity index (χ4n) is 2.94. The van der Waals surface area contributed by atoms with E-state index in [1.165, 1.54) is 30.5 Å². The zero-order chi connectivity index (χ0) is 23.5. The van der Waals surface area contributed by atoms with Gasteiger partial charge in [0.05, 0.1) is 22.0 Å². The van der Waals surface area contributed by atoms with E-state index in [4.69, 9.17) is 5.26 Å². The Balaban J connectivity index is 1.73. The molecule has 3 rings (SSSR count). The van der Waals surface area contributed by atoms with Crippen molar-refractivity contribution in [2.24, 2.45) is 0 Å². The third-order valence-corrected chi connectivity index (χ3v) is 5.50. The number of carbonyl (C=O) groups is 1. The molecule has 0 spiro atoms. The van der Waals surface area contributed by atoms with Crippen LogP contribution in [0.4, 0.5) is 27.5 Å². The van der Waals surface area contributed by atoms with Crippen molar-refractivity contribution in [2.45, 2.75) is 25.6 Å². The molecule has 32 heavy (non-hydrogen) atoms. The summed E-state index contributed by atoms with van der Waals surface area (Å²) in [5, 5.41) is 19.7. The van der Waals surface area contributed by atoms with Crippen LogP contribution in [0.25, 0.3) is 10.4 Å². The van der Waals surface area contributed by atoms with Crippen molar-refractivity contribution in [1.29, 1.82) is 5.26 Å². The second kappa shape index (κ2) is 9.23. The second-order valence-electron chi connectivity index (χ2n) is 6.85. The molecule has 1 unspecified atom stereocenters. The van der Waals surface area contributed by atoms with E-state index < -0.39 is 29.7 Å². The SMILES string of the molecule is CC(Cc1ccc(C(F)(F)F)cc1)N(Nc1ncc(-c2ccc(F)c(C#N)c2)s1)C(=O)O. The predicted molar refractivity (Wildman–Crippen MR) is 110 cm³/mol. The number of nitrogens with zero attached hydrogens (tertiary/aromatic N) is 3. The van der Waals surface area contributed by atoms with Gasteiger partial charge in [0.2, 0.25) is 5.13 Å². The summed E-state index contributed by atoms with van der Waals surface area (Å²) < 4.78 is 51.7. The van der Waals surface area contributed by atoms with Crippen LogP contribution in [0.1, 0.15) is 23.6 Å². The first-order chi connectivity index (χ1) is 15.1. The van der Waals surface area contributed by atoms with Crippen molar-refractivity contribution in [3.8, 4) is 16.5 Å². The number of rotatable bonds is 6. The maximum atomic E-state index is 13.5. The van der Waals surface area contributed by atoms with Crippen LogP contribution in [0.15, 0.2) is 48.7 Å². The second-order valence-corrected chi connectivity index (χ2v) is 7.88. The molecule has 1 aromatic heterocycles. The van der Waals surface area contributed by atoms with E-state index in [-0.39, 0.29) is 17.1 Å². The Morgan fingerprint density at radius 1 is 1.28 bits per heavy atom. The lowest BCUT2D eigenvalue weighted by molar-refractivity contribution is -0.137. The summed E-state index contributed by atoms with van der Waals surface area (Å²) in [6.45, 7) is 1.60. The number of hydrogen-bond acceptors (Lipinski definition) is 5. The molecule has 0 saturated carbocycles. The lowest BCUT2D eigenvalue weighted by atomic mass is 10.0. The van der Waals surface area contributed by atoms with Crippen molar-refractivity contribution in [3.63, 3.8) is 0 Å². The summed E-state index contributed by atoms with van der Waals surface area (Å²) in [6, 6.07) is 9.65. The zero-order valence-electron chi connectivity index (χ0n) is 16.5. The number of carboxylic acid groups (broad SMARTS) is 1. The maximum absolute atomic E-state index is 13.5. The first-order valence-corrected chi connectivity index (χ1v) is 10.0. The molecule has 1 atom stereocenters. The van der Waals surface area contributed by atoms with Gasteiger partial charge in [-0.05, 0) is 48.7 Å². The molecule has 2 N–H and O–H groups in total. The van der Waals surface area contributed by atoms with E-state index in [9.17, 15) is 27.5 Å². The number of benzene rings is 2. The Hall–Kier alpha value is -3.65. The van der Waals surface area contributed by atoms with Crippen LogP contribution in [0.5, 0.6) is 0 Å². The summed E-state index contributed by atoms with van der Waals surface area (Å²) in [7, 11) is 0. The highest BCUT2D eigenvalue weighted by Gasteiger charge is 2.30. The van der Waals surface area contributed by atoms with Crippen LogP contribution < -0.4 is 5.43 Å². The normalized spacial score (nSPS) is 12.1. The molecular weight excluding hydrogens is 448 g/mol. The van der Waals surface area contributed by atoms with Gasteiger partial charge in [-0.25, -0.2) is 19.2 Å². The van der Waals surface area contributed by atoms with E-state index in [0.717, 1.165) is 34.5 Å². The lowest BCUT2D eigenvalue weighted by Gasteiger charge is -2.26. The quantitative estimate of drug-likeness (QED) is 0.357. The molecule has 1 heterocycles. The largest absolute Gasteiger partial charge is 0.464 e. The van der Waals surface area contributed by atoms with Gasteiger partial charge in [0.1, 0.15) is 11.9 Å². The molecule has 0 saturated heterocycles. The number of nitrogens with one attached hydrogen (secondary N) is 1. The molecule has 11 heteroatoms. The smallest absolute Gasteiger partial charge is 0.426 e. The average Bonchev–Trinajstić information content (AvgIpc) is 3.20. The minimum Gasteiger partial charge on any atom is -0.464 e. The fraction of sp³-hybridized carbons (Fsp3) is 0.190. The Labute approximate surface area is 184 Å². The Kier molecular flexibility index (Phi) is 6.64. The van der Waals surface area contributed by atoms with E-state index in [1.54, 1.807) is 13.0 Å². The van der Waals surface area contributed by atoms with E-state index >= 15 is 0 Å². The summed E-state index contributed by atoms with van der Waals surface area (Å²) >= 11 is 1.10. The molecule has 0 aliphatic rings. The van der Waals surface area contributed by atoms with Crippen LogP contribution in [0, 0.1) is 17.1 Å². The van der Waals surface area contributed by atoms with Crippen LogP contribution in [-0.4, -0.2) is 27.2 Å². The molecule has 3 aromatic rings. The summed E-state index contributed by atoms with van der Waals surface area (Å²) in [5.41, 5.74) is 2.87. The molecule has 0 aliphatic heterocycles. The topological polar surface area (TPSA) is 89.3 Å². The Morgan fingerprint density at radius 3 is 2.56 bits per heavy atom. The van der Waals surface area contributed by atoms with Gasteiger partial charge < -0.3 is 5.11 Å². The van der Waals surface area contributed by atoms with Crippen molar-refractivity contribution >= 4 is 22.6 Å². The lowest BCUT2D eigenvalue weighted by Crippen LogP contribution is -2.43. The van der Waals surface area contributed by atoms with Crippen LogP contribution in [-0.2, 0) is 12.6 Å². The first kappa shape index (κ1) is 23.0. The van der Waals surface area contributed by atoms with E-state index in [0.29, 0.717) is 16.0 Å². The molecule has 0 bridgehead atoms. The molecule has 2 aromatic carbocycles. The van der Waals surface area contributed by atoms with Gasteiger partial charge in [-0.1, -0.05) is 29.5 Å². The van der Waals surface area contributed by atoms with Gasteiger partial charge in [-0.2, -0.15) is 18.4 Å². The number of nitriles is 1. The van der Waals surface area contributed by atoms with Crippen molar-refractivity contribution in [3.05, 3.63) is 71.2 Å². The van der Waals surface area contributed by atoms with Crippen molar-refractivity contribution in [2.75, 3.05) is 5.43 Å². The molecule has 6 nitrogen and oxygen atoms in total. The van der Waals surface area contributed by atoms with E-state index in [2.05, 4.69) is 10.4 Å². The monoisotopic (exact) mass is 464 g/mol. The van der Waals surface area contributed by atoms with Gasteiger partial charge in [-0.15, -0.1) is 0 Å². The molecule has 0 radical (unpaired) electrons. The van der Waals surface area contributed by atoms with Gasteiger partial charge >= 0.3 is 12.3 Å². The number of hydrazine groups is 1. The van der Waals surface area contributed by atoms with Gasteiger partial charge in [-0.3, -0.25) is 5.43 Å². The Morgan fingerprint density at radius 2 is 1.97 bits per heavy atom. The highest BCUT2D eigenvalue weighted by molar-refractivity contribution is 7.18. The van der Waals surface area contributed by atoms with E-state index in [1.807, 2.05) is 0 Å². The number of halogens is 4.